The molecule has 1 aromatic carbocycles. The normalized spacial score (nSPS) is 22.0. The number of carbonyl (C=O) groups excluding carboxylic acids is 1. The van der Waals surface area contributed by atoms with Gasteiger partial charge in [0.15, 0.2) is 0 Å². The Labute approximate surface area is 143 Å². The fraction of sp³-hybridized carbons (Fsp3) is 0.526. The summed E-state index contributed by atoms with van der Waals surface area (Å²) in [6, 6.07) is 7.86. The molecule has 1 aromatic heterocycles. The number of para-hydroxylation sites is 2. The molecule has 1 unspecified atom stereocenters. The first-order valence-electron chi connectivity index (χ1n) is 8.60. The van der Waals surface area contributed by atoms with Crippen molar-refractivity contribution in [2.24, 2.45) is 16.4 Å². The number of rotatable bonds is 3. The number of aryl methyl sites for hydroxylation is 1. The number of amides is 1. The average Bonchev–Trinajstić information content (AvgIpc) is 2.79. The van der Waals surface area contributed by atoms with Crippen LogP contribution in [-0.4, -0.2) is 21.2 Å². The zero-order valence-electron chi connectivity index (χ0n) is 15.0. The third kappa shape index (κ3) is 3.66. The van der Waals surface area contributed by atoms with Gasteiger partial charge in [-0.25, -0.2) is 10.4 Å². The lowest BCUT2D eigenvalue weighted by molar-refractivity contribution is -0.121. The lowest BCUT2D eigenvalue weighted by Crippen LogP contribution is -2.31. The van der Waals surface area contributed by atoms with E-state index in [4.69, 9.17) is 0 Å². The Bertz CT molecular complexity index is 788. The van der Waals surface area contributed by atoms with Gasteiger partial charge in [0.1, 0.15) is 12.4 Å². The van der Waals surface area contributed by atoms with Gasteiger partial charge in [-0.15, -0.1) is 0 Å². The quantitative estimate of drug-likeness (QED) is 0.875. The van der Waals surface area contributed by atoms with Crippen LogP contribution in [0.2, 0.25) is 0 Å². The predicted molar refractivity (Wildman–Crippen MR) is 96.8 cm³/mol. The molecule has 0 bridgehead atoms. The molecule has 0 saturated heterocycles. The maximum atomic E-state index is 12.3. The predicted octanol–water partition coefficient (Wildman–Crippen LogP) is 3.66. The Morgan fingerprint density at radius 2 is 2.17 bits per heavy atom. The Morgan fingerprint density at radius 3 is 2.92 bits per heavy atom. The topological polar surface area (TPSA) is 59.3 Å². The van der Waals surface area contributed by atoms with Crippen molar-refractivity contribution in [3.63, 3.8) is 0 Å². The highest BCUT2D eigenvalue weighted by molar-refractivity contribution is 5.88. The van der Waals surface area contributed by atoms with Crippen LogP contribution in [0.5, 0.6) is 0 Å². The number of aromatic nitrogens is 2. The van der Waals surface area contributed by atoms with Gasteiger partial charge in [-0.1, -0.05) is 32.9 Å². The van der Waals surface area contributed by atoms with Gasteiger partial charge in [-0.05, 0) is 49.7 Å². The van der Waals surface area contributed by atoms with Crippen molar-refractivity contribution in [3.05, 3.63) is 30.1 Å². The summed E-state index contributed by atoms with van der Waals surface area (Å²) < 4.78 is 1.93. The standard InChI is InChI=1S/C19H26N4O/c1-13-9-15(11-19(3,4)10-13)21-22-18(24)12-23-14(2)20-16-7-5-6-8-17(16)23/h5-8,13H,9-12H2,1-4H3,(H,22,24)/b21-15-. The third-order valence-corrected chi connectivity index (χ3v) is 4.65. The summed E-state index contributed by atoms with van der Waals surface area (Å²) in [7, 11) is 0. The van der Waals surface area contributed by atoms with Crippen molar-refractivity contribution >= 4 is 22.7 Å². The number of fused-ring (bicyclic) bond motifs is 1. The second-order valence-electron chi connectivity index (χ2n) is 7.80. The Morgan fingerprint density at radius 1 is 1.42 bits per heavy atom. The third-order valence-electron chi connectivity index (χ3n) is 4.65. The molecule has 1 heterocycles. The molecule has 3 rings (SSSR count). The van der Waals surface area contributed by atoms with Gasteiger partial charge in [-0.2, -0.15) is 5.10 Å². The van der Waals surface area contributed by atoms with Crippen LogP contribution in [-0.2, 0) is 11.3 Å². The van der Waals surface area contributed by atoms with Crippen molar-refractivity contribution in [3.8, 4) is 0 Å². The first-order valence-corrected chi connectivity index (χ1v) is 8.60. The summed E-state index contributed by atoms with van der Waals surface area (Å²) >= 11 is 0. The smallest absolute Gasteiger partial charge is 0.260 e. The number of nitrogens with zero attached hydrogens (tertiary/aromatic N) is 3. The molecule has 1 atom stereocenters. The summed E-state index contributed by atoms with van der Waals surface area (Å²) in [6.45, 7) is 8.94. The molecular formula is C19H26N4O. The number of carbonyl (C=O) groups is 1. The molecule has 1 fully saturated rings. The van der Waals surface area contributed by atoms with E-state index in [0.29, 0.717) is 5.92 Å². The molecule has 5 heteroatoms. The second kappa shape index (κ2) is 6.38. The number of hydrogen-bond donors (Lipinski definition) is 1. The molecule has 1 amide bonds. The fourth-order valence-corrected chi connectivity index (χ4v) is 3.92. The van der Waals surface area contributed by atoms with Gasteiger partial charge < -0.3 is 4.57 Å². The van der Waals surface area contributed by atoms with E-state index in [0.717, 1.165) is 35.4 Å². The van der Waals surface area contributed by atoms with Crippen LogP contribution in [0.3, 0.4) is 0 Å². The largest absolute Gasteiger partial charge is 0.319 e. The molecule has 0 radical (unpaired) electrons. The van der Waals surface area contributed by atoms with Crippen LogP contribution in [0, 0.1) is 18.3 Å². The first kappa shape index (κ1) is 16.7. The number of imidazole rings is 1. The molecule has 0 aliphatic heterocycles. The van der Waals surface area contributed by atoms with Crippen molar-refractivity contribution in [2.75, 3.05) is 0 Å². The summed E-state index contributed by atoms with van der Waals surface area (Å²) in [5.41, 5.74) is 5.99. The van der Waals surface area contributed by atoms with E-state index in [1.807, 2.05) is 35.8 Å². The van der Waals surface area contributed by atoms with Crippen LogP contribution in [0.25, 0.3) is 11.0 Å². The molecule has 24 heavy (non-hydrogen) atoms. The van der Waals surface area contributed by atoms with Crippen LogP contribution < -0.4 is 5.43 Å². The minimum atomic E-state index is -0.107. The number of hydrazone groups is 1. The van der Waals surface area contributed by atoms with Gasteiger partial charge in [0.2, 0.25) is 0 Å². The van der Waals surface area contributed by atoms with Gasteiger partial charge in [-0.3, -0.25) is 4.79 Å². The molecular weight excluding hydrogens is 300 g/mol. The SMILES string of the molecule is Cc1nc2ccccc2n1CC(=O)N/N=C1/CC(C)CC(C)(C)C1. The van der Waals surface area contributed by atoms with E-state index in [1.54, 1.807) is 0 Å². The highest BCUT2D eigenvalue weighted by Gasteiger charge is 2.29. The molecule has 1 saturated carbocycles. The van der Waals surface area contributed by atoms with E-state index in [1.165, 1.54) is 6.42 Å². The maximum Gasteiger partial charge on any atom is 0.260 e. The van der Waals surface area contributed by atoms with E-state index >= 15 is 0 Å². The van der Waals surface area contributed by atoms with Gasteiger partial charge >= 0.3 is 0 Å². The Balaban J connectivity index is 1.69. The van der Waals surface area contributed by atoms with Gasteiger partial charge in [0.25, 0.3) is 5.91 Å². The van der Waals surface area contributed by atoms with Crippen molar-refractivity contribution < 1.29 is 4.79 Å². The first-order chi connectivity index (χ1) is 11.3. The number of benzene rings is 1. The molecule has 128 valence electrons. The minimum absolute atomic E-state index is 0.107. The van der Waals surface area contributed by atoms with E-state index < -0.39 is 0 Å². The van der Waals surface area contributed by atoms with Crippen LogP contribution in [0.1, 0.15) is 45.9 Å². The second-order valence-corrected chi connectivity index (χ2v) is 7.80. The lowest BCUT2D eigenvalue weighted by atomic mass is 9.72. The average molecular weight is 326 g/mol. The number of nitrogens with one attached hydrogen (secondary N) is 1. The molecule has 2 aromatic rings. The van der Waals surface area contributed by atoms with Gasteiger partial charge in [0.05, 0.1) is 11.0 Å². The Kier molecular flexibility index (Phi) is 4.43. The summed E-state index contributed by atoms with van der Waals surface area (Å²) in [5.74, 6) is 1.35. The summed E-state index contributed by atoms with van der Waals surface area (Å²) in [4.78, 5) is 16.8. The van der Waals surface area contributed by atoms with Crippen molar-refractivity contribution in [2.45, 2.75) is 53.5 Å². The monoisotopic (exact) mass is 326 g/mol. The van der Waals surface area contributed by atoms with Crippen LogP contribution in [0.15, 0.2) is 29.4 Å². The molecule has 1 N–H and O–H groups in total. The van der Waals surface area contributed by atoms with E-state index in [2.05, 4.69) is 36.3 Å². The van der Waals surface area contributed by atoms with Crippen LogP contribution in [0.4, 0.5) is 0 Å². The maximum absolute atomic E-state index is 12.3. The summed E-state index contributed by atoms with van der Waals surface area (Å²) in [5, 5.41) is 4.40. The lowest BCUT2D eigenvalue weighted by Gasteiger charge is -2.34. The minimum Gasteiger partial charge on any atom is -0.319 e. The van der Waals surface area contributed by atoms with Crippen molar-refractivity contribution in [1.29, 1.82) is 0 Å². The Hall–Kier alpha value is -2.17. The van der Waals surface area contributed by atoms with Gasteiger partial charge in [0, 0.05) is 5.71 Å². The summed E-state index contributed by atoms with van der Waals surface area (Å²) in [6.07, 6.45) is 3.13. The molecule has 1 aliphatic carbocycles. The molecule has 0 spiro atoms. The zero-order chi connectivity index (χ0) is 17.3. The highest BCUT2D eigenvalue weighted by Crippen LogP contribution is 2.36. The fourth-order valence-electron chi connectivity index (χ4n) is 3.92. The van der Waals surface area contributed by atoms with Crippen LogP contribution >= 0.6 is 0 Å². The highest BCUT2D eigenvalue weighted by atomic mass is 16.2. The molecule has 1 aliphatic rings. The van der Waals surface area contributed by atoms with E-state index in [9.17, 15) is 4.79 Å². The zero-order valence-corrected chi connectivity index (χ0v) is 15.0. The number of hydrogen-bond acceptors (Lipinski definition) is 3. The van der Waals surface area contributed by atoms with Crippen molar-refractivity contribution in [1.82, 2.24) is 15.0 Å². The molecule has 5 nitrogen and oxygen atoms in total. The van der Waals surface area contributed by atoms with E-state index in [-0.39, 0.29) is 17.9 Å².